The van der Waals surface area contributed by atoms with Crippen molar-refractivity contribution in [3.8, 4) is 0 Å². The first kappa shape index (κ1) is 8.99. The summed E-state index contributed by atoms with van der Waals surface area (Å²) >= 11 is 0. The van der Waals surface area contributed by atoms with Crippen LogP contribution in [0, 0.1) is 5.92 Å². The lowest BCUT2D eigenvalue weighted by atomic mass is 10.1. The largest absolute Gasteiger partial charge is 0.395 e. The lowest BCUT2D eigenvalue weighted by Crippen LogP contribution is -2.30. The fourth-order valence-corrected chi connectivity index (χ4v) is 1.30. The minimum Gasteiger partial charge on any atom is -0.395 e. The molecule has 1 atom stereocenters. The van der Waals surface area contributed by atoms with E-state index in [-0.39, 0.29) is 24.9 Å². The van der Waals surface area contributed by atoms with Crippen LogP contribution in [0.4, 0.5) is 0 Å². The maximum absolute atomic E-state index is 11.1. The van der Waals surface area contributed by atoms with Crippen LogP contribution < -0.4 is 5.73 Å². The van der Waals surface area contributed by atoms with Crippen molar-refractivity contribution in [3.05, 3.63) is 0 Å². The summed E-state index contributed by atoms with van der Waals surface area (Å²) in [5, 5.41) is 8.56. The van der Waals surface area contributed by atoms with Crippen molar-refractivity contribution >= 4 is 11.8 Å². The van der Waals surface area contributed by atoms with Crippen LogP contribution in [0.2, 0.25) is 0 Å². The zero-order valence-electron chi connectivity index (χ0n) is 6.69. The molecule has 1 saturated heterocycles. The van der Waals surface area contributed by atoms with Gasteiger partial charge in [-0.25, -0.2) is 0 Å². The van der Waals surface area contributed by atoms with Crippen molar-refractivity contribution < 1.29 is 14.7 Å². The minimum absolute atomic E-state index is 0.0722. The highest BCUT2D eigenvalue weighted by Gasteiger charge is 2.32. The lowest BCUT2D eigenvalue weighted by molar-refractivity contribution is -0.128. The van der Waals surface area contributed by atoms with Crippen LogP contribution >= 0.6 is 0 Å². The number of likely N-dealkylation sites (tertiary alicyclic amines) is 1. The van der Waals surface area contributed by atoms with Crippen molar-refractivity contribution in [1.82, 2.24) is 4.90 Å². The molecule has 1 fully saturated rings. The Kier molecular flexibility index (Phi) is 2.65. The number of carbonyl (C=O) groups excluding carboxylic acids is 2. The smallest absolute Gasteiger partial charge is 0.223 e. The number of hydrogen-bond acceptors (Lipinski definition) is 3. The average molecular weight is 172 g/mol. The van der Waals surface area contributed by atoms with Gasteiger partial charge >= 0.3 is 0 Å². The van der Waals surface area contributed by atoms with Crippen LogP contribution in [0.1, 0.15) is 6.42 Å². The summed E-state index contributed by atoms with van der Waals surface area (Å²) in [6.07, 6.45) is 0.190. The predicted molar refractivity (Wildman–Crippen MR) is 41.0 cm³/mol. The molecule has 1 aliphatic rings. The van der Waals surface area contributed by atoms with Crippen LogP contribution in [0.5, 0.6) is 0 Å². The maximum Gasteiger partial charge on any atom is 0.223 e. The van der Waals surface area contributed by atoms with Gasteiger partial charge in [0.2, 0.25) is 11.8 Å². The molecule has 1 rings (SSSR count). The van der Waals surface area contributed by atoms with Crippen molar-refractivity contribution in [3.63, 3.8) is 0 Å². The number of aliphatic hydroxyl groups excluding tert-OH is 1. The fraction of sp³-hybridized carbons (Fsp3) is 0.714. The van der Waals surface area contributed by atoms with Crippen molar-refractivity contribution in [2.45, 2.75) is 6.42 Å². The van der Waals surface area contributed by atoms with Crippen molar-refractivity contribution in [2.75, 3.05) is 19.7 Å². The van der Waals surface area contributed by atoms with E-state index in [0.29, 0.717) is 13.1 Å². The molecule has 1 aliphatic heterocycles. The first-order valence-corrected chi connectivity index (χ1v) is 3.83. The summed E-state index contributed by atoms with van der Waals surface area (Å²) in [5.74, 6) is -0.916. The van der Waals surface area contributed by atoms with Crippen LogP contribution in [0.25, 0.3) is 0 Å². The Hall–Kier alpha value is -1.10. The average Bonchev–Trinajstić information content (AvgIpc) is 2.34. The summed E-state index contributed by atoms with van der Waals surface area (Å²) < 4.78 is 0. The molecule has 1 heterocycles. The van der Waals surface area contributed by atoms with E-state index in [1.54, 1.807) is 0 Å². The van der Waals surface area contributed by atoms with Gasteiger partial charge in [0, 0.05) is 19.5 Å². The molecule has 68 valence electrons. The zero-order chi connectivity index (χ0) is 9.14. The molecule has 2 amide bonds. The maximum atomic E-state index is 11.1. The Bertz CT molecular complexity index is 205. The normalized spacial score (nSPS) is 23.2. The lowest BCUT2D eigenvalue weighted by Gasteiger charge is -2.13. The van der Waals surface area contributed by atoms with E-state index in [2.05, 4.69) is 0 Å². The molecule has 0 saturated carbocycles. The molecule has 0 spiro atoms. The molecule has 0 bridgehead atoms. The van der Waals surface area contributed by atoms with Gasteiger partial charge < -0.3 is 15.7 Å². The second kappa shape index (κ2) is 3.53. The molecular weight excluding hydrogens is 160 g/mol. The Morgan fingerprint density at radius 1 is 1.75 bits per heavy atom. The van der Waals surface area contributed by atoms with Gasteiger partial charge in [-0.2, -0.15) is 0 Å². The van der Waals surface area contributed by atoms with E-state index in [4.69, 9.17) is 10.8 Å². The van der Waals surface area contributed by atoms with E-state index in [1.165, 1.54) is 4.90 Å². The summed E-state index contributed by atoms with van der Waals surface area (Å²) in [4.78, 5) is 23.2. The minimum atomic E-state index is -0.441. The second-order valence-electron chi connectivity index (χ2n) is 2.87. The topological polar surface area (TPSA) is 83.6 Å². The highest BCUT2D eigenvalue weighted by Crippen LogP contribution is 2.16. The zero-order valence-corrected chi connectivity index (χ0v) is 6.69. The highest BCUT2D eigenvalue weighted by molar-refractivity contribution is 5.88. The molecule has 3 N–H and O–H groups in total. The third-order valence-corrected chi connectivity index (χ3v) is 1.99. The van der Waals surface area contributed by atoms with Crippen molar-refractivity contribution in [1.29, 1.82) is 0 Å². The summed E-state index contributed by atoms with van der Waals surface area (Å²) in [6.45, 7) is 0.578. The van der Waals surface area contributed by atoms with Gasteiger partial charge in [0.15, 0.2) is 0 Å². The van der Waals surface area contributed by atoms with E-state index >= 15 is 0 Å². The number of β-amino-alcohol motifs (C(OH)–C–C–N with tert-alkyl or cyclic N) is 1. The monoisotopic (exact) mass is 172 g/mol. The fourth-order valence-electron chi connectivity index (χ4n) is 1.30. The van der Waals surface area contributed by atoms with Gasteiger partial charge in [-0.1, -0.05) is 0 Å². The molecule has 5 nitrogen and oxygen atoms in total. The van der Waals surface area contributed by atoms with Gasteiger partial charge in [-0.15, -0.1) is 0 Å². The number of hydrogen-bond donors (Lipinski definition) is 2. The van der Waals surface area contributed by atoms with Gasteiger partial charge in [0.1, 0.15) is 0 Å². The Balaban J connectivity index is 2.50. The molecule has 0 aromatic heterocycles. The molecule has 0 aliphatic carbocycles. The number of nitrogens with two attached hydrogens (primary N) is 1. The number of amides is 2. The molecule has 12 heavy (non-hydrogen) atoms. The van der Waals surface area contributed by atoms with E-state index in [0.717, 1.165) is 0 Å². The quantitative estimate of drug-likeness (QED) is 0.533. The van der Waals surface area contributed by atoms with Crippen molar-refractivity contribution in [2.24, 2.45) is 11.7 Å². The number of primary amides is 1. The van der Waals surface area contributed by atoms with E-state index in [9.17, 15) is 9.59 Å². The third kappa shape index (κ3) is 1.73. The Morgan fingerprint density at radius 3 is 2.83 bits per heavy atom. The molecular formula is C7H12N2O3. The third-order valence-electron chi connectivity index (χ3n) is 1.99. The van der Waals surface area contributed by atoms with Crippen LogP contribution in [0.3, 0.4) is 0 Å². The standard InChI is InChI=1S/C7H12N2O3/c8-7(12)5-3-6(11)9(4-5)1-2-10/h5,10H,1-4H2,(H2,8,12). The van der Waals surface area contributed by atoms with Gasteiger partial charge in [-0.3, -0.25) is 9.59 Å². The Morgan fingerprint density at radius 2 is 2.42 bits per heavy atom. The molecule has 0 radical (unpaired) electrons. The molecule has 1 unspecified atom stereocenters. The molecule has 5 heteroatoms. The number of rotatable bonds is 3. The van der Waals surface area contributed by atoms with Gasteiger partial charge in [0.25, 0.3) is 0 Å². The Labute approximate surface area is 70.1 Å². The van der Waals surface area contributed by atoms with Crippen LogP contribution in [0.15, 0.2) is 0 Å². The summed E-state index contributed by atoms with van der Waals surface area (Å²) in [7, 11) is 0. The van der Waals surface area contributed by atoms with Gasteiger partial charge in [0.05, 0.1) is 12.5 Å². The highest BCUT2D eigenvalue weighted by atomic mass is 16.3. The molecule has 0 aromatic carbocycles. The first-order chi connectivity index (χ1) is 5.65. The van der Waals surface area contributed by atoms with E-state index < -0.39 is 5.91 Å². The van der Waals surface area contributed by atoms with Crippen LogP contribution in [-0.2, 0) is 9.59 Å². The second-order valence-corrected chi connectivity index (χ2v) is 2.87. The number of aliphatic hydroxyl groups is 1. The molecule has 0 aromatic rings. The first-order valence-electron chi connectivity index (χ1n) is 3.83. The van der Waals surface area contributed by atoms with Crippen LogP contribution in [-0.4, -0.2) is 41.5 Å². The SMILES string of the molecule is NC(=O)C1CC(=O)N(CCO)C1. The predicted octanol–water partition coefficient (Wildman–Crippen LogP) is -1.69. The summed E-state index contributed by atoms with van der Waals surface area (Å²) in [6, 6.07) is 0. The summed E-state index contributed by atoms with van der Waals surface area (Å²) in [5.41, 5.74) is 5.04. The number of nitrogens with zero attached hydrogens (tertiary/aromatic N) is 1. The number of carbonyl (C=O) groups is 2. The van der Waals surface area contributed by atoms with E-state index in [1.807, 2.05) is 0 Å². The van der Waals surface area contributed by atoms with Gasteiger partial charge in [-0.05, 0) is 0 Å².